The van der Waals surface area contributed by atoms with Crippen LogP contribution in [0, 0.1) is 23.4 Å². The van der Waals surface area contributed by atoms with E-state index in [1.807, 2.05) is 6.07 Å². The van der Waals surface area contributed by atoms with E-state index >= 15 is 8.78 Å². The second-order valence-corrected chi connectivity index (χ2v) is 10.7. The summed E-state index contributed by atoms with van der Waals surface area (Å²) in [5.74, 6) is -3.29. The van der Waals surface area contributed by atoms with Crippen molar-refractivity contribution < 1.29 is 27.8 Å². The molecule has 206 valence electrons. The lowest BCUT2D eigenvalue weighted by Gasteiger charge is -2.32. The van der Waals surface area contributed by atoms with Crippen LogP contribution in [-0.4, -0.2) is 40.2 Å². The number of rotatable bonds is 5. The van der Waals surface area contributed by atoms with Gasteiger partial charge in [0.25, 0.3) is 5.91 Å². The van der Waals surface area contributed by atoms with Crippen molar-refractivity contribution in [1.82, 2.24) is 9.97 Å². The summed E-state index contributed by atoms with van der Waals surface area (Å²) in [5.41, 5.74) is 4.62. The molecule has 3 aromatic rings. The van der Waals surface area contributed by atoms with E-state index in [4.69, 9.17) is 10.5 Å². The minimum Gasteiger partial charge on any atom is -0.385 e. The Kier molecular flexibility index (Phi) is 7.70. The summed E-state index contributed by atoms with van der Waals surface area (Å²) in [6.07, 6.45) is 6.15. The molecule has 0 bridgehead atoms. The number of nitrogens with one attached hydrogen (secondary N) is 1. The van der Waals surface area contributed by atoms with Crippen LogP contribution in [-0.2, 0) is 10.3 Å². The van der Waals surface area contributed by atoms with Crippen LogP contribution in [0.2, 0.25) is 0 Å². The minimum absolute atomic E-state index is 0.0414. The number of nitrogens with zero attached hydrogens (tertiary/aromatic N) is 2. The molecule has 0 unspecified atom stereocenters. The molecule has 4 N–H and O–H groups in total. The van der Waals surface area contributed by atoms with E-state index in [-0.39, 0.29) is 49.3 Å². The Morgan fingerprint density at radius 1 is 1.08 bits per heavy atom. The van der Waals surface area contributed by atoms with Gasteiger partial charge in [-0.3, -0.25) is 9.78 Å². The van der Waals surface area contributed by atoms with Crippen molar-refractivity contribution in [3.63, 3.8) is 0 Å². The molecule has 1 amide bonds. The molecular formula is C29H31F3N4O3. The Morgan fingerprint density at radius 3 is 2.49 bits per heavy atom. The normalized spacial score (nSPS) is 22.9. The standard InChI is InChI=1S/C29H31F3N4O3/c1-16-10-17(12-19(33)11-16)20-4-7-34-15-25(20)36-28(37)24-3-2-21(30)27(35-24)26-22(31)13-18(14-23(26)32)29(38)5-8-39-9-6-29/h2-4,7,13-17,19,38H,5-6,8-12,33H2,1H3,(H,36,37)/t16-,17+,19-/m0/s1. The van der Waals surface area contributed by atoms with Crippen molar-refractivity contribution in [2.45, 2.75) is 56.6 Å². The predicted molar refractivity (Wildman–Crippen MR) is 139 cm³/mol. The molecule has 1 aliphatic heterocycles. The number of amides is 1. The van der Waals surface area contributed by atoms with Crippen molar-refractivity contribution in [1.29, 1.82) is 0 Å². The Bertz CT molecular complexity index is 1350. The third-order valence-electron chi connectivity index (χ3n) is 7.74. The first-order valence-electron chi connectivity index (χ1n) is 13.1. The molecule has 5 rings (SSSR count). The molecule has 1 saturated heterocycles. The average Bonchev–Trinajstić information content (AvgIpc) is 2.89. The number of nitrogens with two attached hydrogens (primary N) is 1. The number of anilines is 1. The zero-order valence-corrected chi connectivity index (χ0v) is 21.6. The number of benzene rings is 1. The monoisotopic (exact) mass is 540 g/mol. The van der Waals surface area contributed by atoms with Crippen LogP contribution in [0.3, 0.4) is 0 Å². The molecule has 3 heterocycles. The molecule has 0 radical (unpaired) electrons. The molecule has 7 nitrogen and oxygen atoms in total. The van der Waals surface area contributed by atoms with Gasteiger partial charge in [-0.15, -0.1) is 0 Å². The highest BCUT2D eigenvalue weighted by Gasteiger charge is 2.34. The maximum absolute atomic E-state index is 15.2. The van der Waals surface area contributed by atoms with Crippen molar-refractivity contribution in [2.75, 3.05) is 18.5 Å². The molecule has 2 fully saturated rings. The highest BCUT2D eigenvalue weighted by atomic mass is 19.1. The van der Waals surface area contributed by atoms with Crippen LogP contribution in [0.1, 0.15) is 66.6 Å². The van der Waals surface area contributed by atoms with Gasteiger partial charge in [0.15, 0.2) is 0 Å². The van der Waals surface area contributed by atoms with Crippen molar-refractivity contribution in [3.05, 3.63) is 77.0 Å². The van der Waals surface area contributed by atoms with Gasteiger partial charge in [0.1, 0.15) is 28.8 Å². The van der Waals surface area contributed by atoms with Crippen LogP contribution >= 0.6 is 0 Å². The van der Waals surface area contributed by atoms with Crippen LogP contribution in [0.4, 0.5) is 18.9 Å². The second kappa shape index (κ2) is 11.0. The summed E-state index contributed by atoms with van der Waals surface area (Å²) in [6, 6.07) is 5.96. The topological polar surface area (TPSA) is 110 Å². The zero-order valence-electron chi connectivity index (χ0n) is 21.6. The van der Waals surface area contributed by atoms with E-state index in [1.54, 1.807) is 6.20 Å². The minimum atomic E-state index is -1.45. The summed E-state index contributed by atoms with van der Waals surface area (Å²) in [6.45, 7) is 2.64. The Labute approximate surface area is 224 Å². The number of hydrogen-bond acceptors (Lipinski definition) is 6. The van der Waals surface area contributed by atoms with E-state index in [1.165, 1.54) is 6.20 Å². The fourth-order valence-electron chi connectivity index (χ4n) is 5.77. The number of aliphatic hydroxyl groups is 1. The van der Waals surface area contributed by atoms with Crippen LogP contribution in [0.15, 0.2) is 42.7 Å². The van der Waals surface area contributed by atoms with Gasteiger partial charge in [-0.1, -0.05) is 6.92 Å². The van der Waals surface area contributed by atoms with E-state index in [0.717, 1.165) is 49.1 Å². The van der Waals surface area contributed by atoms with E-state index in [2.05, 4.69) is 22.2 Å². The molecule has 0 spiro atoms. The predicted octanol–water partition coefficient (Wildman–Crippen LogP) is 5.04. The number of aromatic nitrogens is 2. The van der Waals surface area contributed by atoms with E-state index < -0.39 is 40.2 Å². The van der Waals surface area contributed by atoms with Gasteiger partial charge >= 0.3 is 0 Å². The van der Waals surface area contributed by atoms with E-state index in [0.29, 0.717) is 11.6 Å². The molecule has 10 heteroatoms. The fourth-order valence-corrected chi connectivity index (χ4v) is 5.77. The first kappa shape index (κ1) is 27.2. The summed E-state index contributed by atoms with van der Waals surface area (Å²) in [5, 5.41) is 13.6. The summed E-state index contributed by atoms with van der Waals surface area (Å²) >= 11 is 0. The lowest BCUT2D eigenvalue weighted by molar-refractivity contribution is -0.0682. The SMILES string of the molecule is C[C@@H]1C[C@H](N)C[C@H](c2ccncc2NC(=O)c2ccc(F)c(-c3c(F)cc(C4(O)CCOCC4)cc3F)n2)C1. The summed E-state index contributed by atoms with van der Waals surface area (Å²) in [4.78, 5) is 21.3. The molecule has 2 aromatic heterocycles. The zero-order chi connectivity index (χ0) is 27.7. The Morgan fingerprint density at radius 2 is 1.79 bits per heavy atom. The lowest BCUT2D eigenvalue weighted by atomic mass is 9.76. The highest BCUT2D eigenvalue weighted by Crippen LogP contribution is 2.39. The Hall–Kier alpha value is -3.34. The third-order valence-corrected chi connectivity index (χ3v) is 7.74. The van der Waals surface area contributed by atoms with Gasteiger partial charge in [0.2, 0.25) is 0 Å². The highest BCUT2D eigenvalue weighted by molar-refractivity contribution is 6.03. The summed E-state index contributed by atoms with van der Waals surface area (Å²) in [7, 11) is 0. The van der Waals surface area contributed by atoms with Crippen LogP contribution < -0.4 is 11.1 Å². The molecule has 2 aliphatic rings. The number of ether oxygens (including phenoxy) is 1. The molecule has 1 aliphatic carbocycles. The lowest BCUT2D eigenvalue weighted by Crippen LogP contribution is -2.33. The maximum Gasteiger partial charge on any atom is 0.274 e. The smallest absolute Gasteiger partial charge is 0.274 e. The Balaban J connectivity index is 1.43. The molecule has 1 saturated carbocycles. The summed E-state index contributed by atoms with van der Waals surface area (Å²) < 4.78 is 50.4. The average molecular weight is 541 g/mol. The third kappa shape index (κ3) is 5.68. The molecule has 39 heavy (non-hydrogen) atoms. The number of hydrogen-bond donors (Lipinski definition) is 3. The van der Waals surface area contributed by atoms with Crippen LogP contribution in [0.5, 0.6) is 0 Å². The van der Waals surface area contributed by atoms with Gasteiger partial charge in [-0.05, 0) is 72.6 Å². The quantitative estimate of drug-likeness (QED) is 0.418. The van der Waals surface area contributed by atoms with Crippen molar-refractivity contribution >= 4 is 11.6 Å². The van der Waals surface area contributed by atoms with Crippen molar-refractivity contribution in [3.8, 4) is 11.3 Å². The first-order chi connectivity index (χ1) is 18.6. The number of carbonyl (C=O) groups is 1. The second-order valence-electron chi connectivity index (χ2n) is 10.7. The van der Waals surface area contributed by atoms with E-state index in [9.17, 15) is 14.3 Å². The molecule has 3 atom stereocenters. The van der Waals surface area contributed by atoms with Gasteiger partial charge in [0, 0.05) is 38.3 Å². The van der Waals surface area contributed by atoms with Gasteiger partial charge in [-0.2, -0.15) is 0 Å². The van der Waals surface area contributed by atoms with Crippen molar-refractivity contribution in [2.24, 2.45) is 11.7 Å². The fraction of sp³-hybridized carbons (Fsp3) is 0.414. The maximum atomic E-state index is 15.2. The number of halogens is 3. The van der Waals surface area contributed by atoms with Gasteiger partial charge < -0.3 is 20.9 Å². The van der Waals surface area contributed by atoms with Gasteiger partial charge in [-0.25, -0.2) is 18.2 Å². The molecular weight excluding hydrogens is 509 g/mol. The number of pyridine rings is 2. The van der Waals surface area contributed by atoms with Crippen LogP contribution in [0.25, 0.3) is 11.3 Å². The largest absolute Gasteiger partial charge is 0.385 e. The first-order valence-corrected chi connectivity index (χ1v) is 13.1. The number of carbonyl (C=O) groups excluding carboxylic acids is 1. The molecule has 1 aromatic carbocycles. The van der Waals surface area contributed by atoms with Gasteiger partial charge in [0.05, 0.1) is 23.0 Å².